The second-order valence-corrected chi connectivity index (χ2v) is 3.79. The van der Waals surface area contributed by atoms with Gasteiger partial charge in [0.1, 0.15) is 6.10 Å². The van der Waals surface area contributed by atoms with Gasteiger partial charge in [-0.3, -0.25) is 9.59 Å². The highest BCUT2D eigenvalue weighted by Crippen LogP contribution is 2.20. The lowest BCUT2D eigenvalue weighted by Gasteiger charge is -2.16. The Bertz CT molecular complexity index is 427. The molecule has 0 saturated heterocycles. The van der Waals surface area contributed by atoms with Crippen LogP contribution in [0.2, 0.25) is 0 Å². The molecule has 1 aromatic rings. The number of aliphatic hydroxyl groups excluding tert-OH is 2. The molecule has 0 heterocycles. The summed E-state index contributed by atoms with van der Waals surface area (Å²) in [4.78, 5) is 21.5. The van der Waals surface area contributed by atoms with Gasteiger partial charge in [0.2, 0.25) is 0 Å². The monoisotopic (exact) mass is 238 g/mol. The topological polar surface area (TPSA) is 94.8 Å². The van der Waals surface area contributed by atoms with Crippen LogP contribution in [0.4, 0.5) is 0 Å². The molecule has 0 saturated carbocycles. The van der Waals surface area contributed by atoms with Crippen LogP contribution in [0.5, 0.6) is 0 Å². The van der Waals surface area contributed by atoms with Crippen LogP contribution >= 0.6 is 0 Å². The van der Waals surface area contributed by atoms with Crippen molar-refractivity contribution in [3.63, 3.8) is 0 Å². The minimum Gasteiger partial charge on any atom is -0.481 e. The Morgan fingerprint density at radius 3 is 2.47 bits per heavy atom. The van der Waals surface area contributed by atoms with Crippen molar-refractivity contribution in [1.29, 1.82) is 0 Å². The minimum atomic E-state index is -1.39. The van der Waals surface area contributed by atoms with E-state index >= 15 is 0 Å². The van der Waals surface area contributed by atoms with Crippen LogP contribution in [0.15, 0.2) is 24.3 Å². The molecule has 1 rings (SSSR count). The van der Waals surface area contributed by atoms with E-state index in [-0.39, 0.29) is 5.78 Å². The number of Topliss-reactive ketones (excluding diaryl/α,β-unsaturated/α-hetero) is 1. The molecule has 0 aromatic heterocycles. The van der Waals surface area contributed by atoms with E-state index in [1.807, 2.05) is 0 Å². The van der Waals surface area contributed by atoms with Crippen molar-refractivity contribution in [2.24, 2.45) is 0 Å². The third-order valence-corrected chi connectivity index (χ3v) is 2.38. The highest BCUT2D eigenvalue weighted by Gasteiger charge is 2.21. The first-order valence-electron chi connectivity index (χ1n) is 5.10. The summed E-state index contributed by atoms with van der Waals surface area (Å²) in [5.74, 6) is -1.36. The summed E-state index contributed by atoms with van der Waals surface area (Å²) in [5, 5.41) is 27.7. The molecule has 17 heavy (non-hydrogen) atoms. The number of hydrogen-bond acceptors (Lipinski definition) is 4. The van der Waals surface area contributed by atoms with Crippen LogP contribution in [-0.2, 0) is 4.79 Å². The number of carbonyl (C=O) groups excluding carboxylic acids is 1. The molecule has 2 unspecified atom stereocenters. The van der Waals surface area contributed by atoms with E-state index in [0.29, 0.717) is 11.1 Å². The number of carbonyl (C=O) groups is 2. The maximum Gasteiger partial charge on any atom is 0.306 e. The number of hydrogen-bond donors (Lipinski definition) is 3. The normalized spacial score (nSPS) is 14.1. The van der Waals surface area contributed by atoms with Crippen molar-refractivity contribution in [3.8, 4) is 0 Å². The van der Waals surface area contributed by atoms with Gasteiger partial charge in [0.15, 0.2) is 5.78 Å². The Balaban J connectivity index is 2.88. The molecule has 92 valence electrons. The van der Waals surface area contributed by atoms with E-state index in [1.165, 1.54) is 19.1 Å². The summed E-state index contributed by atoms with van der Waals surface area (Å²) in [7, 11) is 0. The van der Waals surface area contributed by atoms with Gasteiger partial charge in [-0.2, -0.15) is 0 Å². The smallest absolute Gasteiger partial charge is 0.306 e. The number of carboxylic acid groups (broad SMARTS) is 1. The van der Waals surface area contributed by atoms with Gasteiger partial charge in [-0.15, -0.1) is 0 Å². The lowest BCUT2D eigenvalue weighted by Crippen LogP contribution is -2.21. The molecule has 0 radical (unpaired) electrons. The first-order chi connectivity index (χ1) is 7.91. The SMILES string of the molecule is CC(=O)c1cccc(C(O)C(O)CC(=O)O)c1. The molecule has 1 aromatic carbocycles. The molecule has 0 spiro atoms. The fourth-order valence-corrected chi connectivity index (χ4v) is 1.45. The molecule has 0 aliphatic heterocycles. The van der Waals surface area contributed by atoms with Gasteiger partial charge in [0, 0.05) is 5.56 Å². The Morgan fingerprint density at radius 2 is 1.94 bits per heavy atom. The molecule has 0 amide bonds. The zero-order chi connectivity index (χ0) is 13.0. The summed E-state index contributed by atoms with van der Waals surface area (Å²) < 4.78 is 0. The number of carboxylic acids is 1. The zero-order valence-corrected chi connectivity index (χ0v) is 9.33. The van der Waals surface area contributed by atoms with Gasteiger partial charge in [0.25, 0.3) is 0 Å². The summed E-state index contributed by atoms with van der Waals surface area (Å²) in [6.45, 7) is 1.39. The Labute approximate surface area is 98.3 Å². The Kier molecular flexibility index (Phi) is 4.37. The highest BCUT2D eigenvalue weighted by molar-refractivity contribution is 5.94. The molecular formula is C12H14O5. The number of rotatable bonds is 5. The van der Waals surface area contributed by atoms with Crippen LogP contribution in [0.1, 0.15) is 35.4 Å². The van der Waals surface area contributed by atoms with Gasteiger partial charge in [-0.05, 0) is 18.6 Å². The standard InChI is InChI=1S/C12H14O5/c1-7(13)8-3-2-4-9(5-8)12(17)10(14)6-11(15)16/h2-5,10,12,14,17H,6H2,1H3,(H,15,16). The maximum absolute atomic E-state index is 11.1. The van der Waals surface area contributed by atoms with Gasteiger partial charge in [0.05, 0.1) is 12.5 Å². The summed E-state index contributed by atoms with van der Waals surface area (Å²) in [6, 6.07) is 6.13. The second-order valence-electron chi connectivity index (χ2n) is 3.79. The molecule has 2 atom stereocenters. The Hall–Kier alpha value is -1.72. The highest BCUT2D eigenvalue weighted by atomic mass is 16.4. The first kappa shape index (κ1) is 13.3. The van der Waals surface area contributed by atoms with Crippen LogP contribution < -0.4 is 0 Å². The van der Waals surface area contributed by atoms with Crippen LogP contribution in [0.3, 0.4) is 0 Å². The average molecular weight is 238 g/mol. The van der Waals surface area contributed by atoms with Crippen LogP contribution in [-0.4, -0.2) is 33.2 Å². The summed E-state index contributed by atoms with van der Waals surface area (Å²) in [5.41, 5.74) is 0.732. The van der Waals surface area contributed by atoms with Crippen molar-refractivity contribution in [2.45, 2.75) is 25.6 Å². The van der Waals surface area contributed by atoms with E-state index in [1.54, 1.807) is 12.1 Å². The van der Waals surface area contributed by atoms with Gasteiger partial charge in [-0.25, -0.2) is 0 Å². The van der Waals surface area contributed by atoms with Crippen molar-refractivity contribution < 1.29 is 24.9 Å². The van der Waals surface area contributed by atoms with E-state index in [4.69, 9.17) is 5.11 Å². The van der Waals surface area contributed by atoms with Gasteiger partial charge in [-0.1, -0.05) is 18.2 Å². The van der Waals surface area contributed by atoms with E-state index in [0.717, 1.165) is 0 Å². The molecule has 3 N–H and O–H groups in total. The summed E-state index contributed by atoms with van der Waals surface area (Å²) in [6.07, 6.45) is -3.26. The molecule has 5 nitrogen and oxygen atoms in total. The molecular weight excluding hydrogens is 224 g/mol. The van der Waals surface area contributed by atoms with E-state index in [2.05, 4.69) is 0 Å². The lowest BCUT2D eigenvalue weighted by molar-refractivity contribution is -0.141. The molecule has 0 aliphatic carbocycles. The largest absolute Gasteiger partial charge is 0.481 e. The third kappa shape index (κ3) is 3.65. The number of ketones is 1. The lowest BCUT2D eigenvalue weighted by atomic mass is 9.99. The predicted molar refractivity (Wildman–Crippen MR) is 59.7 cm³/mol. The van der Waals surface area contributed by atoms with Gasteiger partial charge >= 0.3 is 5.97 Å². The quantitative estimate of drug-likeness (QED) is 0.658. The third-order valence-electron chi connectivity index (χ3n) is 2.38. The van der Waals surface area contributed by atoms with Crippen molar-refractivity contribution in [3.05, 3.63) is 35.4 Å². The van der Waals surface area contributed by atoms with Crippen molar-refractivity contribution >= 4 is 11.8 Å². The van der Waals surface area contributed by atoms with Crippen molar-refractivity contribution in [1.82, 2.24) is 0 Å². The fourth-order valence-electron chi connectivity index (χ4n) is 1.45. The van der Waals surface area contributed by atoms with E-state index in [9.17, 15) is 19.8 Å². The molecule has 0 aliphatic rings. The molecule has 5 heteroatoms. The average Bonchev–Trinajstić information content (AvgIpc) is 2.27. The zero-order valence-electron chi connectivity index (χ0n) is 9.33. The number of benzene rings is 1. The fraction of sp³-hybridized carbons (Fsp3) is 0.333. The number of aliphatic hydroxyl groups is 2. The summed E-state index contributed by atoms with van der Waals surface area (Å²) >= 11 is 0. The maximum atomic E-state index is 11.1. The van der Waals surface area contributed by atoms with Crippen molar-refractivity contribution in [2.75, 3.05) is 0 Å². The number of aliphatic carboxylic acids is 1. The minimum absolute atomic E-state index is 0.160. The predicted octanol–water partition coefficient (Wildman–Crippen LogP) is 0.758. The molecule has 0 bridgehead atoms. The first-order valence-corrected chi connectivity index (χ1v) is 5.10. The molecule has 0 fully saturated rings. The second kappa shape index (κ2) is 5.56. The van der Waals surface area contributed by atoms with Crippen LogP contribution in [0.25, 0.3) is 0 Å². The van der Waals surface area contributed by atoms with Crippen LogP contribution in [0, 0.1) is 0 Å². The van der Waals surface area contributed by atoms with E-state index < -0.39 is 24.6 Å². The van der Waals surface area contributed by atoms with Gasteiger partial charge < -0.3 is 15.3 Å². The Morgan fingerprint density at radius 1 is 1.29 bits per heavy atom.